The molecule has 17 heavy (non-hydrogen) atoms. The van der Waals surface area contributed by atoms with Crippen molar-refractivity contribution in [2.45, 2.75) is 6.92 Å². The highest BCUT2D eigenvalue weighted by atomic mass is 35.5. The van der Waals surface area contributed by atoms with E-state index in [0.717, 1.165) is 0 Å². The Balaban J connectivity index is 2.69. The van der Waals surface area contributed by atoms with Gasteiger partial charge in [-0.1, -0.05) is 16.8 Å². The lowest BCUT2D eigenvalue weighted by molar-refractivity contribution is -0.384. The van der Waals surface area contributed by atoms with Crippen LogP contribution in [0.15, 0.2) is 18.2 Å². The van der Waals surface area contributed by atoms with Crippen LogP contribution in [0.4, 0.5) is 11.5 Å². The molecule has 2 aromatic rings. The molecular weight excluding hydrogens is 246 g/mol. The van der Waals surface area contributed by atoms with Gasteiger partial charge in [0.15, 0.2) is 5.82 Å². The fraction of sp³-hybridized carbons (Fsp3) is 0.111. The average Bonchev–Trinajstić information content (AvgIpc) is 2.59. The van der Waals surface area contributed by atoms with Crippen LogP contribution in [0, 0.1) is 17.0 Å². The molecule has 8 heteroatoms. The molecule has 0 spiro atoms. The molecule has 2 N–H and O–H groups in total. The highest BCUT2D eigenvalue weighted by molar-refractivity contribution is 6.30. The summed E-state index contributed by atoms with van der Waals surface area (Å²) in [5.74, 6) is 0.222. The molecule has 0 aliphatic heterocycles. The van der Waals surface area contributed by atoms with Crippen molar-refractivity contribution in [3.8, 4) is 5.69 Å². The van der Waals surface area contributed by atoms with E-state index >= 15 is 0 Å². The molecule has 88 valence electrons. The molecule has 0 fully saturated rings. The smallest absolute Gasteiger partial charge is 0.295 e. The molecule has 0 unspecified atom stereocenters. The summed E-state index contributed by atoms with van der Waals surface area (Å²) in [5.41, 5.74) is 6.20. The van der Waals surface area contributed by atoms with E-state index in [9.17, 15) is 10.1 Å². The minimum Gasteiger partial charge on any atom is -0.381 e. The Hall–Kier alpha value is -2.15. The van der Waals surface area contributed by atoms with Gasteiger partial charge in [-0.3, -0.25) is 10.1 Å². The number of nitrogens with two attached hydrogens (primary N) is 1. The van der Waals surface area contributed by atoms with Gasteiger partial charge in [-0.05, 0) is 19.1 Å². The molecule has 0 saturated heterocycles. The first-order valence-corrected chi connectivity index (χ1v) is 5.00. The van der Waals surface area contributed by atoms with Crippen molar-refractivity contribution in [1.29, 1.82) is 0 Å². The van der Waals surface area contributed by atoms with Gasteiger partial charge in [0.05, 0.1) is 10.6 Å². The lowest BCUT2D eigenvalue weighted by Gasteiger charge is -2.04. The van der Waals surface area contributed by atoms with Crippen molar-refractivity contribution in [3.63, 3.8) is 0 Å². The molecule has 1 aromatic carbocycles. The van der Waals surface area contributed by atoms with Crippen LogP contribution in [0.5, 0.6) is 0 Å². The first-order chi connectivity index (χ1) is 8.00. The zero-order valence-electron chi connectivity index (χ0n) is 8.79. The van der Waals surface area contributed by atoms with E-state index in [1.807, 2.05) is 0 Å². The molecule has 0 amide bonds. The van der Waals surface area contributed by atoms with Gasteiger partial charge in [0.1, 0.15) is 5.69 Å². The zero-order chi connectivity index (χ0) is 12.6. The van der Waals surface area contributed by atoms with Crippen molar-refractivity contribution in [3.05, 3.63) is 39.0 Å². The van der Waals surface area contributed by atoms with E-state index in [1.54, 1.807) is 6.92 Å². The minimum absolute atomic E-state index is 0.109. The number of hydrogen-bond acceptors (Lipinski definition) is 5. The SMILES string of the molecule is Cc1c(N)nnn1-c1cc(Cl)ccc1[N+](=O)[O-]. The molecule has 0 aliphatic carbocycles. The Morgan fingerprint density at radius 2 is 2.24 bits per heavy atom. The van der Waals surface area contributed by atoms with Crippen LogP contribution in [0.25, 0.3) is 5.69 Å². The number of nitrogens with zero attached hydrogens (tertiary/aromatic N) is 4. The third-order valence-corrected chi connectivity index (χ3v) is 2.53. The molecule has 0 bridgehead atoms. The first kappa shape index (κ1) is 11.3. The van der Waals surface area contributed by atoms with Crippen molar-refractivity contribution >= 4 is 23.1 Å². The van der Waals surface area contributed by atoms with Crippen LogP contribution in [-0.2, 0) is 0 Å². The summed E-state index contributed by atoms with van der Waals surface area (Å²) in [5, 5.41) is 18.7. The van der Waals surface area contributed by atoms with Gasteiger partial charge >= 0.3 is 0 Å². The number of nitrogen functional groups attached to an aromatic ring is 1. The van der Waals surface area contributed by atoms with Gasteiger partial charge in [0.25, 0.3) is 5.69 Å². The summed E-state index contributed by atoms with van der Waals surface area (Å²) in [6, 6.07) is 4.20. The highest BCUT2D eigenvalue weighted by Gasteiger charge is 2.19. The van der Waals surface area contributed by atoms with Crippen LogP contribution in [-0.4, -0.2) is 19.9 Å². The predicted octanol–water partition coefficient (Wildman–Crippen LogP) is 1.72. The lowest BCUT2D eigenvalue weighted by Crippen LogP contribution is -2.04. The van der Waals surface area contributed by atoms with E-state index in [1.165, 1.54) is 22.9 Å². The number of anilines is 1. The molecular formula is C9H8ClN5O2. The molecule has 2 rings (SSSR count). The van der Waals surface area contributed by atoms with E-state index < -0.39 is 4.92 Å². The number of halogens is 1. The third kappa shape index (κ3) is 1.92. The summed E-state index contributed by atoms with van der Waals surface area (Å²) < 4.78 is 1.29. The summed E-state index contributed by atoms with van der Waals surface area (Å²) in [4.78, 5) is 10.4. The predicted molar refractivity (Wildman–Crippen MR) is 62.2 cm³/mol. The molecule has 1 heterocycles. The van der Waals surface area contributed by atoms with Crippen LogP contribution in [0.3, 0.4) is 0 Å². The molecule has 7 nitrogen and oxygen atoms in total. The fourth-order valence-electron chi connectivity index (χ4n) is 1.39. The third-order valence-electron chi connectivity index (χ3n) is 2.29. The van der Waals surface area contributed by atoms with Gasteiger partial charge in [0, 0.05) is 11.1 Å². The van der Waals surface area contributed by atoms with Gasteiger partial charge in [-0.2, -0.15) is 0 Å². The lowest BCUT2D eigenvalue weighted by atomic mass is 10.2. The van der Waals surface area contributed by atoms with E-state index in [-0.39, 0.29) is 17.2 Å². The van der Waals surface area contributed by atoms with Crippen LogP contribution in [0.2, 0.25) is 5.02 Å². The standard InChI is InChI=1S/C9H8ClN5O2/c1-5-9(11)12-13-14(5)8-4-6(10)2-3-7(8)15(16)17/h2-4H,11H2,1H3. The molecule has 1 aromatic heterocycles. The van der Waals surface area contributed by atoms with E-state index in [0.29, 0.717) is 10.7 Å². The second kappa shape index (κ2) is 4.02. The Morgan fingerprint density at radius 1 is 1.53 bits per heavy atom. The Bertz CT molecular complexity index is 595. The van der Waals surface area contributed by atoms with Crippen molar-refractivity contribution < 1.29 is 4.92 Å². The summed E-state index contributed by atoms with van der Waals surface area (Å²) >= 11 is 5.82. The van der Waals surface area contributed by atoms with Crippen LogP contribution >= 0.6 is 11.6 Å². The molecule has 0 radical (unpaired) electrons. The first-order valence-electron chi connectivity index (χ1n) is 4.63. The van der Waals surface area contributed by atoms with E-state index in [2.05, 4.69) is 10.3 Å². The maximum atomic E-state index is 10.9. The molecule has 0 saturated carbocycles. The minimum atomic E-state index is -0.511. The topological polar surface area (TPSA) is 99.9 Å². The van der Waals surface area contributed by atoms with Gasteiger partial charge in [-0.15, -0.1) is 5.10 Å². The maximum absolute atomic E-state index is 10.9. The maximum Gasteiger partial charge on any atom is 0.295 e. The van der Waals surface area contributed by atoms with Crippen LogP contribution in [0.1, 0.15) is 5.69 Å². The Morgan fingerprint density at radius 3 is 2.76 bits per heavy atom. The van der Waals surface area contributed by atoms with Crippen molar-refractivity contribution in [1.82, 2.24) is 15.0 Å². The monoisotopic (exact) mass is 253 g/mol. The molecule has 0 aliphatic rings. The number of nitro benzene ring substituents is 1. The average molecular weight is 254 g/mol. The number of nitro groups is 1. The summed E-state index contributed by atoms with van der Waals surface area (Å²) in [6.07, 6.45) is 0. The second-order valence-electron chi connectivity index (χ2n) is 3.36. The molecule has 0 atom stereocenters. The second-order valence-corrected chi connectivity index (χ2v) is 3.80. The Kier molecular flexibility index (Phi) is 2.68. The number of aromatic nitrogens is 3. The quantitative estimate of drug-likeness (QED) is 0.649. The van der Waals surface area contributed by atoms with Gasteiger partial charge in [-0.25, -0.2) is 4.68 Å². The van der Waals surface area contributed by atoms with Gasteiger partial charge < -0.3 is 5.73 Å². The highest BCUT2D eigenvalue weighted by Crippen LogP contribution is 2.27. The van der Waals surface area contributed by atoms with Crippen LogP contribution < -0.4 is 5.73 Å². The summed E-state index contributed by atoms with van der Waals surface area (Å²) in [6.45, 7) is 1.67. The fourth-order valence-corrected chi connectivity index (χ4v) is 1.56. The van der Waals surface area contributed by atoms with E-state index in [4.69, 9.17) is 17.3 Å². The van der Waals surface area contributed by atoms with Crippen molar-refractivity contribution in [2.75, 3.05) is 5.73 Å². The normalized spacial score (nSPS) is 10.5. The number of rotatable bonds is 2. The van der Waals surface area contributed by atoms with Gasteiger partial charge in [0.2, 0.25) is 0 Å². The largest absolute Gasteiger partial charge is 0.381 e. The van der Waals surface area contributed by atoms with Crippen molar-refractivity contribution in [2.24, 2.45) is 0 Å². The zero-order valence-corrected chi connectivity index (χ0v) is 9.55. The summed E-state index contributed by atoms with van der Waals surface area (Å²) in [7, 11) is 0. The Labute approximate surface area is 101 Å². The number of hydrogen-bond donors (Lipinski definition) is 1. The number of benzene rings is 1.